The minimum atomic E-state index is -0.344. The first-order chi connectivity index (χ1) is 8.72. The van der Waals surface area contributed by atoms with E-state index in [-0.39, 0.29) is 5.82 Å². The minimum Gasteiger partial charge on any atom is -0.346 e. The van der Waals surface area contributed by atoms with E-state index < -0.39 is 0 Å². The second kappa shape index (κ2) is 4.10. The number of nitrogens with one attached hydrogen (secondary N) is 1. The van der Waals surface area contributed by atoms with Gasteiger partial charge in [0.2, 0.25) is 5.95 Å². The monoisotopic (exact) mass is 246 g/mol. The van der Waals surface area contributed by atoms with Gasteiger partial charge in [-0.15, -0.1) is 5.10 Å². The highest BCUT2D eigenvalue weighted by atomic mass is 19.1. The van der Waals surface area contributed by atoms with Gasteiger partial charge < -0.3 is 9.88 Å². The average Bonchev–Trinajstić information content (AvgIpc) is 2.92. The van der Waals surface area contributed by atoms with Crippen molar-refractivity contribution in [3.63, 3.8) is 0 Å². The molecule has 3 heterocycles. The third kappa shape index (κ3) is 1.90. The van der Waals surface area contributed by atoms with Crippen LogP contribution >= 0.6 is 0 Å². The molecule has 0 aromatic carbocycles. The van der Waals surface area contributed by atoms with Gasteiger partial charge >= 0.3 is 0 Å². The van der Waals surface area contributed by atoms with Crippen LogP contribution in [0.2, 0.25) is 0 Å². The maximum absolute atomic E-state index is 13.0. The fraction of sp³-hybridized carbons (Fsp3) is 0.182. The number of pyridine rings is 1. The molecule has 0 amide bonds. The standard InChI is InChI=1S/C11H11FN6/c1-17-5-4-13-10(17)6-14-11-15-9-3-2-8(12)7-18(9)16-11/h2-5,7H,6H2,1H3,(H,14,16). The van der Waals surface area contributed by atoms with Crippen molar-refractivity contribution in [2.75, 3.05) is 5.32 Å². The van der Waals surface area contributed by atoms with E-state index in [1.165, 1.54) is 16.8 Å². The van der Waals surface area contributed by atoms with E-state index in [2.05, 4.69) is 20.4 Å². The molecule has 0 aliphatic carbocycles. The van der Waals surface area contributed by atoms with Crippen LogP contribution in [0.25, 0.3) is 5.65 Å². The molecule has 0 fully saturated rings. The highest BCUT2D eigenvalue weighted by molar-refractivity contribution is 5.43. The smallest absolute Gasteiger partial charge is 0.243 e. The van der Waals surface area contributed by atoms with E-state index in [1.807, 2.05) is 17.8 Å². The molecule has 0 atom stereocenters. The zero-order valence-electron chi connectivity index (χ0n) is 9.71. The summed E-state index contributed by atoms with van der Waals surface area (Å²) in [6.07, 6.45) is 4.88. The van der Waals surface area contributed by atoms with Crippen LogP contribution in [0.3, 0.4) is 0 Å². The molecule has 3 rings (SSSR count). The summed E-state index contributed by atoms with van der Waals surface area (Å²) in [6, 6.07) is 2.93. The Bertz CT molecular complexity index is 686. The van der Waals surface area contributed by atoms with E-state index in [0.717, 1.165) is 5.82 Å². The molecule has 92 valence electrons. The van der Waals surface area contributed by atoms with Crippen molar-refractivity contribution in [1.82, 2.24) is 24.1 Å². The quantitative estimate of drug-likeness (QED) is 0.754. The molecule has 0 aliphatic heterocycles. The van der Waals surface area contributed by atoms with Gasteiger partial charge in [0.1, 0.15) is 11.6 Å². The van der Waals surface area contributed by atoms with Crippen LogP contribution in [0.5, 0.6) is 0 Å². The molecule has 0 aliphatic rings. The highest BCUT2D eigenvalue weighted by Crippen LogP contribution is 2.07. The predicted molar refractivity (Wildman–Crippen MR) is 63.5 cm³/mol. The molecule has 1 N–H and O–H groups in total. The van der Waals surface area contributed by atoms with Crippen LogP contribution in [0.1, 0.15) is 5.82 Å². The number of rotatable bonds is 3. The summed E-state index contributed by atoms with van der Waals surface area (Å²) >= 11 is 0. The maximum Gasteiger partial charge on any atom is 0.243 e. The molecule has 3 aromatic rings. The van der Waals surface area contributed by atoms with Gasteiger partial charge in [-0.25, -0.2) is 13.9 Å². The maximum atomic E-state index is 13.0. The Labute approximate surface area is 102 Å². The van der Waals surface area contributed by atoms with Crippen molar-refractivity contribution >= 4 is 11.6 Å². The minimum absolute atomic E-state index is 0.344. The van der Waals surface area contributed by atoms with Gasteiger partial charge in [0, 0.05) is 19.4 Å². The number of aromatic nitrogens is 5. The second-order valence-electron chi connectivity index (χ2n) is 3.89. The molecule has 0 radical (unpaired) electrons. The lowest BCUT2D eigenvalue weighted by molar-refractivity contribution is 0.614. The summed E-state index contributed by atoms with van der Waals surface area (Å²) in [5, 5.41) is 7.17. The summed E-state index contributed by atoms with van der Waals surface area (Å²) in [7, 11) is 1.91. The fourth-order valence-corrected chi connectivity index (χ4v) is 1.66. The van der Waals surface area contributed by atoms with Gasteiger partial charge in [-0.3, -0.25) is 0 Å². The van der Waals surface area contributed by atoms with Crippen molar-refractivity contribution in [2.24, 2.45) is 7.05 Å². The largest absolute Gasteiger partial charge is 0.346 e. The van der Waals surface area contributed by atoms with Gasteiger partial charge in [-0.05, 0) is 12.1 Å². The number of hydrogen-bond donors (Lipinski definition) is 1. The fourth-order valence-electron chi connectivity index (χ4n) is 1.66. The summed E-state index contributed by atoms with van der Waals surface area (Å²) in [6.45, 7) is 0.517. The molecular formula is C11H11FN6. The number of hydrogen-bond acceptors (Lipinski definition) is 4. The first-order valence-corrected chi connectivity index (χ1v) is 5.44. The molecule has 6 nitrogen and oxygen atoms in total. The highest BCUT2D eigenvalue weighted by Gasteiger charge is 2.05. The van der Waals surface area contributed by atoms with E-state index in [4.69, 9.17) is 0 Å². The zero-order valence-corrected chi connectivity index (χ0v) is 9.71. The summed E-state index contributed by atoms with van der Waals surface area (Å²) in [5.41, 5.74) is 0.596. The van der Waals surface area contributed by atoms with Crippen molar-refractivity contribution < 1.29 is 4.39 Å². The van der Waals surface area contributed by atoms with Crippen molar-refractivity contribution in [2.45, 2.75) is 6.54 Å². The number of imidazole rings is 1. The second-order valence-corrected chi connectivity index (χ2v) is 3.89. The number of halogens is 1. The van der Waals surface area contributed by atoms with Gasteiger partial charge in [0.15, 0.2) is 5.65 Å². The Hall–Kier alpha value is -2.44. The van der Waals surface area contributed by atoms with Crippen LogP contribution in [0.4, 0.5) is 10.3 Å². The number of anilines is 1. The number of aryl methyl sites for hydroxylation is 1. The van der Waals surface area contributed by atoms with E-state index in [1.54, 1.807) is 12.3 Å². The molecule has 18 heavy (non-hydrogen) atoms. The van der Waals surface area contributed by atoms with Crippen molar-refractivity contribution in [3.05, 3.63) is 42.4 Å². The molecule has 0 saturated carbocycles. The van der Waals surface area contributed by atoms with Crippen molar-refractivity contribution in [3.8, 4) is 0 Å². The van der Waals surface area contributed by atoms with Crippen molar-refractivity contribution in [1.29, 1.82) is 0 Å². The molecule has 0 unspecified atom stereocenters. The van der Waals surface area contributed by atoms with Gasteiger partial charge in [0.25, 0.3) is 0 Å². The average molecular weight is 246 g/mol. The lowest BCUT2D eigenvalue weighted by atomic mass is 10.5. The number of nitrogens with zero attached hydrogens (tertiary/aromatic N) is 5. The molecule has 0 spiro atoms. The van der Waals surface area contributed by atoms with E-state index in [9.17, 15) is 4.39 Å². The van der Waals surface area contributed by atoms with Crippen LogP contribution in [-0.2, 0) is 13.6 Å². The molecule has 7 heteroatoms. The molecule has 3 aromatic heterocycles. The first kappa shape index (κ1) is 10.7. The summed E-state index contributed by atoms with van der Waals surface area (Å²) in [4.78, 5) is 8.40. The third-order valence-corrected chi connectivity index (χ3v) is 2.62. The lowest BCUT2D eigenvalue weighted by Gasteiger charge is -2.01. The predicted octanol–water partition coefficient (Wildman–Crippen LogP) is 1.21. The Morgan fingerprint density at radius 2 is 2.28 bits per heavy atom. The lowest BCUT2D eigenvalue weighted by Crippen LogP contribution is -2.06. The van der Waals surface area contributed by atoms with E-state index >= 15 is 0 Å². The third-order valence-electron chi connectivity index (χ3n) is 2.62. The molecule has 0 bridgehead atoms. The Morgan fingerprint density at radius 1 is 1.39 bits per heavy atom. The van der Waals surface area contributed by atoms with Gasteiger partial charge in [0.05, 0.1) is 12.7 Å². The normalized spacial score (nSPS) is 11.0. The van der Waals surface area contributed by atoms with E-state index in [0.29, 0.717) is 18.1 Å². The van der Waals surface area contributed by atoms with Gasteiger partial charge in [-0.2, -0.15) is 4.98 Å². The Kier molecular flexibility index (Phi) is 2.44. The summed E-state index contributed by atoms with van der Waals surface area (Å²) in [5.74, 6) is 0.978. The first-order valence-electron chi connectivity index (χ1n) is 5.44. The Balaban J connectivity index is 1.81. The number of fused-ring (bicyclic) bond motifs is 1. The van der Waals surface area contributed by atoms with Crippen LogP contribution in [-0.4, -0.2) is 24.1 Å². The molecule has 0 saturated heterocycles. The topological polar surface area (TPSA) is 60.0 Å². The zero-order chi connectivity index (χ0) is 12.5. The SMILES string of the molecule is Cn1ccnc1CNc1nc2ccc(F)cn2n1. The molecular weight excluding hydrogens is 235 g/mol. The Morgan fingerprint density at radius 3 is 3.06 bits per heavy atom. The summed E-state index contributed by atoms with van der Waals surface area (Å²) < 4.78 is 16.3. The van der Waals surface area contributed by atoms with Crippen LogP contribution < -0.4 is 5.32 Å². The van der Waals surface area contributed by atoms with Gasteiger partial charge in [-0.1, -0.05) is 0 Å². The van der Waals surface area contributed by atoms with Crippen LogP contribution in [0, 0.1) is 5.82 Å². The van der Waals surface area contributed by atoms with Crippen LogP contribution in [0.15, 0.2) is 30.7 Å².